The third kappa shape index (κ3) is 4.25. The molecule has 1 aliphatic heterocycles. The summed E-state index contributed by atoms with van der Waals surface area (Å²) in [4.78, 5) is 47.8. The van der Waals surface area contributed by atoms with Gasteiger partial charge in [0.05, 0.1) is 17.5 Å². The minimum absolute atomic E-state index is 0.173. The van der Waals surface area contributed by atoms with Crippen LogP contribution in [0.2, 0.25) is 0 Å². The molecule has 1 aliphatic rings. The van der Waals surface area contributed by atoms with E-state index < -0.39 is 5.92 Å². The van der Waals surface area contributed by atoms with Crippen LogP contribution >= 0.6 is 0 Å². The third-order valence-electron chi connectivity index (χ3n) is 6.18. The molecule has 0 bridgehead atoms. The van der Waals surface area contributed by atoms with Crippen molar-refractivity contribution in [1.82, 2.24) is 24.6 Å². The van der Waals surface area contributed by atoms with Crippen molar-refractivity contribution in [1.29, 1.82) is 0 Å². The number of aromatic amines is 1. The van der Waals surface area contributed by atoms with Crippen LogP contribution in [0.25, 0.3) is 11.5 Å². The fraction of sp³-hybridized carbons (Fsp3) is 0.400. The van der Waals surface area contributed by atoms with Gasteiger partial charge in [0, 0.05) is 19.7 Å². The number of aryl methyl sites for hydroxylation is 1. The SMILES string of the molecule is CCCC1C(=O)N(CCC)C(=O)c2nc(-c3cc(NC(=O)[C@H](C)c4ccccc4)nn3C)[nH]c21. The molecule has 34 heavy (non-hydrogen) atoms. The van der Waals surface area contributed by atoms with Gasteiger partial charge >= 0.3 is 0 Å². The van der Waals surface area contributed by atoms with Gasteiger partial charge < -0.3 is 10.3 Å². The van der Waals surface area contributed by atoms with Crippen LogP contribution in [0.5, 0.6) is 0 Å². The lowest BCUT2D eigenvalue weighted by Gasteiger charge is -2.29. The fourth-order valence-corrected chi connectivity index (χ4v) is 4.33. The summed E-state index contributed by atoms with van der Waals surface area (Å²) in [6, 6.07) is 11.2. The minimum atomic E-state index is -0.426. The zero-order valence-corrected chi connectivity index (χ0v) is 20.0. The Bertz CT molecular complexity index is 1210. The number of rotatable bonds is 8. The van der Waals surface area contributed by atoms with E-state index in [1.54, 1.807) is 17.8 Å². The molecule has 9 heteroatoms. The van der Waals surface area contributed by atoms with Crippen molar-refractivity contribution in [3.8, 4) is 11.5 Å². The topological polar surface area (TPSA) is 113 Å². The summed E-state index contributed by atoms with van der Waals surface area (Å²) in [7, 11) is 1.74. The number of fused-ring (bicyclic) bond motifs is 1. The number of nitrogens with one attached hydrogen (secondary N) is 2. The Balaban J connectivity index is 1.62. The van der Waals surface area contributed by atoms with Gasteiger partial charge in [-0.1, -0.05) is 50.6 Å². The monoisotopic (exact) mass is 462 g/mol. The smallest absolute Gasteiger partial charge is 0.280 e. The standard InChI is InChI=1S/C25H30N6O3/c1-5-10-17-20-21(25(34)31(13-6-2)24(17)33)28-22(27-20)18-14-19(29-30(18)4)26-23(32)15(3)16-11-8-7-9-12-16/h7-9,11-12,14-15,17H,5-6,10,13H2,1-4H3,(H,27,28)(H,26,29,32)/t15-,17?/m1/s1. The minimum Gasteiger partial charge on any atom is -0.339 e. The Hall–Kier alpha value is -3.75. The van der Waals surface area contributed by atoms with Gasteiger partial charge in [-0.2, -0.15) is 5.10 Å². The Labute approximate surface area is 198 Å². The molecule has 0 saturated carbocycles. The summed E-state index contributed by atoms with van der Waals surface area (Å²) in [5.74, 6) is -0.658. The van der Waals surface area contributed by atoms with Crippen molar-refractivity contribution < 1.29 is 14.4 Å². The molecule has 1 unspecified atom stereocenters. The summed E-state index contributed by atoms with van der Waals surface area (Å²) in [5.41, 5.74) is 2.36. The van der Waals surface area contributed by atoms with E-state index in [0.29, 0.717) is 42.4 Å². The number of benzene rings is 1. The lowest BCUT2D eigenvalue weighted by atomic mass is 9.92. The molecule has 4 rings (SSSR count). The molecule has 2 aromatic heterocycles. The molecule has 3 aromatic rings. The highest BCUT2D eigenvalue weighted by molar-refractivity contribution is 6.10. The Morgan fingerprint density at radius 3 is 2.59 bits per heavy atom. The molecule has 178 valence electrons. The third-order valence-corrected chi connectivity index (χ3v) is 6.18. The fourth-order valence-electron chi connectivity index (χ4n) is 4.33. The molecule has 2 atom stereocenters. The van der Waals surface area contributed by atoms with E-state index in [9.17, 15) is 14.4 Å². The molecule has 3 heterocycles. The first-order valence-electron chi connectivity index (χ1n) is 11.7. The van der Waals surface area contributed by atoms with Gasteiger partial charge in [-0.25, -0.2) is 4.98 Å². The van der Waals surface area contributed by atoms with E-state index in [4.69, 9.17) is 0 Å². The molecule has 3 amide bonds. The molecule has 0 radical (unpaired) electrons. The zero-order chi connectivity index (χ0) is 24.4. The van der Waals surface area contributed by atoms with E-state index in [0.717, 1.165) is 12.0 Å². The van der Waals surface area contributed by atoms with E-state index in [1.165, 1.54) is 4.90 Å². The van der Waals surface area contributed by atoms with Crippen LogP contribution in [-0.4, -0.2) is 48.9 Å². The average molecular weight is 463 g/mol. The van der Waals surface area contributed by atoms with Gasteiger partial charge in [0.25, 0.3) is 5.91 Å². The number of aromatic nitrogens is 4. The second-order valence-corrected chi connectivity index (χ2v) is 8.64. The molecule has 0 saturated heterocycles. The van der Waals surface area contributed by atoms with Crippen molar-refractivity contribution >= 4 is 23.5 Å². The molecule has 0 fully saturated rings. The number of hydrogen-bond donors (Lipinski definition) is 2. The Morgan fingerprint density at radius 1 is 1.18 bits per heavy atom. The summed E-state index contributed by atoms with van der Waals surface area (Å²) < 4.78 is 1.60. The van der Waals surface area contributed by atoms with Crippen molar-refractivity contribution in [2.75, 3.05) is 11.9 Å². The number of carbonyl (C=O) groups excluding carboxylic acids is 3. The Morgan fingerprint density at radius 2 is 1.91 bits per heavy atom. The number of H-pyrrole nitrogens is 1. The molecule has 1 aromatic carbocycles. The van der Waals surface area contributed by atoms with Crippen LogP contribution in [0.4, 0.5) is 5.82 Å². The highest BCUT2D eigenvalue weighted by atomic mass is 16.2. The Kier molecular flexibility index (Phi) is 6.63. The van der Waals surface area contributed by atoms with E-state index in [1.807, 2.05) is 51.1 Å². The van der Waals surface area contributed by atoms with Crippen molar-refractivity contribution in [3.63, 3.8) is 0 Å². The highest BCUT2D eigenvalue weighted by Crippen LogP contribution is 2.34. The van der Waals surface area contributed by atoms with Crippen LogP contribution in [0.15, 0.2) is 36.4 Å². The summed E-state index contributed by atoms with van der Waals surface area (Å²) >= 11 is 0. The van der Waals surface area contributed by atoms with E-state index >= 15 is 0 Å². The van der Waals surface area contributed by atoms with Gasteiger partial charge in [0.15, 0.2) is 17.3 Å². The predicted octanol–water partition coefficient (Wildman–Crippen LogP) is 3.83. The van der Waals surface area contributed by atoms with Gasteiger partial charge in [-0.05, 0) is 25.3 Å². The molecular formula is C25H30N6O3. The maximum atomic E-state index is 13.0. The molecule has 9 nitrogen and oxygen atoms in total. The number of hydrogen-bond acceptors (Lipinski definition) is 5. The number of amides is 3. The largest absolute Gasteiger partial charge is 0.339 e. The lowest BCUT2D eigenvalue weighted by molar-refractivity contribution is -0.131. The maximum absolute atomic E-state index is 13.0. The van der Waals surface area contributed by atoms with E-state index in [2.05, 4.69) is 20.4 Å². The van der Waals surface area contributed by atoms with Crippen LogP contribution in [0, 0.1) is 0 Å². The van der Waals surface area contributed by atoms with Gasteiger partial charge in [0.2, 0.25) is 11.8 Å². The van der Waals surface area contributed by atoms with Gasteiger partial charge in [-0.3, -0.25) is 24.0 Å². The summed E-state index contributed by atoms with van der Waals surface area (Å²) in [6.45, 7) is 6.16. The number of anilines is 1. The lowest BCUT2D eigenvalue weighted by Crippen LogP contribution is -2.45. The zero-order valence-electron chi connectivity index (χ0n) is 20.0. The first kappa shape index (κ1) is 23.4. The number of imidazole rings is 1. The van der Waals surface area contributed by atoms with Crippen molar-refractivity contribution in [3.05, 3.63) is 53.3 Å². The molecule has 0 aliphatic carbocycles. The number of carbonyl (C=O) groups is 3. The average Bonchev–Trinajstić information content (AvgIpc) is 3.43. The van der Waals surface area contributed by atoms with Gasteiger partial charge in [0.1, 0.15) is 5.69 Å². The number of imide groups is 1. The first-order valence-corrected chi connectivity index (χ1v) is 11.7. The summed E-state index contributed by atoms with van der Waals surface area (Å²) in [5, 5.41) is 7.27. The first-order chi connectivity index (χ1) is 16.3. The molecular weight excluding hydrogens is 432 g/mol. The van der Waals surface area contributed by atoms with Crippen molar-refractivity contribution in [2.45, 2.75) is 51.9 Å². The summed E-state index contributed by atoms with van der Waals surface area (Å²) in [6.07, 6.45) is 2.13. The van der Waals surface area contributed by atoms with Crippen molar-refractivity contribution in [2.24, 2.45) is 7.05 Å². The van der Waals surface area contributed by atoms with Crippen LogP contribution in [-0.2, 0) is 16.6 Å². The number of nitrogens with zero attached hydrogens (tertiary/aromatic N) is 4. The molecule has 0 spiro atoms. The van der Waals surface area contributed by atoms with Crippen LogP contribution in [0.3, 0.4) is 0 Å². The quantitative estimate of drug-likeness (QED) is 0.494. The van der Waals surface area contributed by atoms with E-state index in [-0.39, 0.29) is 29.3 Å². The maximum Gasteiger partial charge on any atom is 0.280 e. The normalized spacial score (nSPS) is 16.5. The molecule has 2 N–H and O–H groups in total. The highest BCUT2D eigenvalue weighted by Gasteiger charge is 2.41. The predicted molar refractivity (Wildman–Crippen MR) is 128 cm³/mol. The second kappa shape index (κ2) is 9.62. The second-order valence-electron chi connectivity index (χ2n) is 8.64. The van der Waals surface area contributed by atoms with Gasteiger partial charge in [-0.15, -0.1) is 0 Å². The van der Waals surface area contributed by atoms with Crippen LogP contribution < -0.4 is 5.32 Å². The van der Waals surface area contributed by atoms with Crippen LogP contribution in [0.1, 0.15) is 73.6 Å².